The number of nitrogen functional groups attached to an aromatic ring is 1. The lowest BCUT2D eigenvalue weighted by Crippen LogP contribution is -2.17. The van der Waals surface area contributed by atoms with Crippen molar-refractivity contribution in [1.82, 2.24) is 5.43 Å². The average Bonchev–Trinajstić information content (AvgIpc) is 2.94. The molecular formula is C19H21N3O3. The molecule has 1 amide bonds. The van der Waals surface area contributed by atoms with Crippen LogP contribution in [0.15, 0.2) is 41.5 Å². The van der Waals surface area contributed by atoms with Crippen LogP contribution in [0.5, 0.6) is 11.5 Å². The minimum atomic E-state index is -0.305. The monoisotopic (exact) mass is 339 g/mol. The molecule has 0 saturated heterocycles. The van der Waals surface area contributed by atoms with Crippen LogP contribution in [0, 0.1) is 0 Å². The third-order valence-corrected chi connectivity index (χ3v) is 3.87. The molecule has 6 nitrogen and oxygen atoms in total. The highest BCUT2D eigenvalue weighted by molar-refractivity contribution is 5.95. The average molecular weight is 339 g/mol. The number of ether oxygens (including phenoxy) is 2. The fourth-order valence-corrected chi connectivity index (χ4v) is 2.70. The van der Waals surface area contributed by atoms with Gasteiger partial charge in [-0.25, -0.2) is 5.43 Å². The molecule has 2 aromatic rings. The Balaban J connectivity index is 1.75. The van der Waals surface area contributed by atoms with E-state index in [2.05, 4.69) is 10.5 Å². The van der Waals surface area contributed by atoms with E-state index < -0.39 is 0 Å². The normalized spacial score (nSPS) is 15.7. The first kappa shape index (κ1) is 16.8. The van der Waals surface area contributed by atoms with Gasteiger partial charge in [0.1, 0.15) is 17.6 Å². The molecule has 1 aliphatic rings. The Morgan fingerprint density at radius 3 is 2.88 bits per heavy atom. The summed E-state index contributed by atoms with van der Waals surface area (Å²) in [5.74, 6) is 1.26. The SMILES string of the molecule is CCOc1cc2c(cc1/C=N\NC(=O)c1ccc(N)cc1)O[C@@H](C)C2. The van der Waals surface area contributed by atoms with Gasteiger partial charge >= 0.3 is 0 Å². The van der Waals surface area contributed by atoms with Crippen molar-refractivity contribution in [2.75, 3.05) is 12.3 Å². The van der Waals surface area contributed by atoms with Crippen LogP contribution in [0.4, 0.5) is 5.69 Å². The summed E-state index contributed by atoms with van der Waals surface area (Å²) < 4.78 is 11.5. The van der Waals surface area contributed by atoms with Crippen molar-refractivity contribution in [2.24, 2.45) is 5.10 Å². The van der Waals surface area contributed by atoms with Crippen LogP contribution >= 0.6 is 0 Å². The Labute approximate surface area is 146 Å². The van der Waals surface area contributed by atoms with E-state index in [0.29, 0.717) is 17.9 Å². The summed E-state index contributed by atoms with van der Waals surface area (Å²) in [6.07, 6.45) is 2.58. The largest absolute Gasteiger partial charge is 0.493 e. The van der Waals surface area contributed by atoms with Gasteiger partial charge in [0, 0.05) is 28.8 Å². The predicted octanol–water partition coefficient (Wildman–Crippen LogP) is 2.75. The number of nitrogens with one attached hydrogen (secondary N) is 1. The molecule has 130 valence electrons. The first-order valence-corrected chi connectivity index (χ1v) is 8.22. The second kappa shape index (κ2) is 7.25. The number of benzene rings is 2. The van der Waals surface area contributed by atoms with E-state index in [1.165, 1.54) is 0 Å². The number of hydrogen-bond acceptors (Lipinski definition) is 5. The van der Waals surface area contributed by atoms with Crippen molar-refractivity contribution in [2.45, 2.75) is 26.4 Å². The van der Waals surface area contributed by atoms with Crippen LogP contribution < -0.4 is 20.6 Å². The molecule has 25 heavy (non-hydrogen) atoms. The van der Waals surface area contributed by atoms with Crippen LogP contribution in [-0.2, 0) is 6.42 Å². The fraction of sp³-hybridized carbons (Fsp3) is 0.263. The Bertz CT molecular complexity index is 800. The van der Waals surface area contributed by atoms with Crippen molar-refractivity contribution in [3.05, 3.63) is 53.1 Å². The van der Waals surface area contributed by atoms with Gasteiger partial charge in [0.2, 0.25) is 0 Å². The first-order valence-electron chi connectivity index (χ1n) is 8.22. The number of fused-ring (bicyclic) bond motifs is 1. The zero-order chi connectivity index (χ0) is 17.8. The molecule has 0 saturated carbocycles. The van der Waals surface area contributed by atoms with Crippen molar-refractivity contribution >= 4 is 17.8 Å². The highest BCUT2D eigenvalue weighted by Crippen LogP contribution is 2.34. The Kier molecular flexibility index (Phi) is 4.88. The number of carbonyl (C=O) groups excluding carboxylic acids is 1. The van der Waals surface area contributed by atoms with Gasteiger partial charge in [-0.15, -0.1) is 0 Å². The smallest absolute Gasteiger partial charge is 0.271 e. The highest BCUT2D eigenvalue weighted by Gasteiger charge is 2.21. The van der Waals surface area contributed by atoms with Crippen LogP contribution in [0.25, 0.3) is 0 Å². The lowest BCUT2D eigenvalue weighted by atomic mass is 10.1. The molecular weight excluding hydrogens is 318 g/mol. The van der Waals surface area contributed by atoms with Crippen LogP contribution in [-0.4, -0.2) is 24.8 Å². The number of hydrogen-bond donors (Lipinski definition) is 2. The summed E-state index contributed by atoms with van der Waals surface area (Å²) in [6, 6.07) is 10.5. The van der Waals surface area contributed by atoms with Crippen LogP contribution in [0.1, 0.15) is 35.3 Å². The maximum atomic E-state index is 12.1. The van der Waals surface area contributed by atoms with Crippen molar-refractivity contribution in [1.29, 1.82) is 0 Å². The fourth-order valence-electron chi connectivity index (χ4n) is 2.70. The number of anilines is 1. The van der Waals surface area contributed by atoms with E-state index in [4.69, 9.17) is 15.2 Å². The Hall–Kier alpha value is -3.02. The van der Waals surface area contributed by atoms with Gasteiger partial charge in [0.25, 0.3) is 5.91 Å². The molecule has 1 heterocycles. The zero-order valence-electron chi connectivity index (χ0n) is 14.3. The van der Waals surface area contributed by atoms with E-state index >= 15 is 0 Å². The minimum Gasteiger partial charge on any atom is -0.493 e. The molecule has 0 bridgehead atoms. The quantitative estimate of drug-likeness (QED) is 0.498. The van der Waals surface area contributed by atoms with Crippen molar-refractivity contribution < 1.29 is 14.3 Å². The molecule has 1 aliphatic heterocycles. The summed E-state index contributed by atoms with van der Waals surface area (Å²) in [5.41, 5.74) is 11.1. The summed E-state index contributed by atoms with van der Waals surface area (Å²) in [7, 11) is 0. The highest BCUT2D eigenvalue weighted by atomic mass is 16.5. The van der Waals surface area contributed by atoms with Crippen molar-refractivity contribution in [3.63, 3.8) is 0 Å². The van der Waals surface area contributed by atoms with Gasteiger partial charge in [-0.3, -0.25) is 4.79 Å². The van der Waals surface area contributed by atoms with Gasteiger partial charge in [-0.2, -0.15) is 5.10 Å². The lowest BCUT2D eigenvalue weighted by molar-refractivity contribution is 0.0955. The Morgan fingerprint density at radius 1 is 1.40 bits per heavy atom. The van der Waals surface area contributed by atoms with Gasteiger partial charge < -0.3 is 15.2 Å². The molecule has 6 heteroatoms. The molecule has 0 aromatic heterocycles. The van der Waals surface area contributed by atoms with E-state index in [1.807, 2.05) is 26.0 Å². The molecule has 0 fully saturated rings. The lowest BCUT2D eigenvalue weighted by Gasteiger charge is -2.09. The van der Waals surface area contributed by atoms with Crippen molar-refractivity contribution in [3.8, 4) is 11.5 Å². The number of hydrazone groups is 1. The van der Waals surface area contributed by atoms with E-state index in [-0.39, 0.29) is 12.0 Å². The molecule has 0 radical (unpaired) electrons. The number of amides is 1. The number of carbonyl (C=O) groups is 1. The van der Waals surface area contributed by atoms with E-state index in [0.717, 1.165) is 29.0 Å². The van der Waals surface area contributed by atoms with Gasteiger partial charge in [0.05, 0.1) is 12.8 Å². The molecule has 1 atom stereocenters. The van der Waals surface area contributed by atoms with E-state index in [1.54, 1.807) is 30.5 Å². The number of rotatable bonds is 5. The summed E-state index contributed by atoms with van der Waals surface area (Å²) in [5, 5.41) is 4.04. The molecule has 2 aromatic carbocycles. The maximum Gasteiger partial charge on any atom is 0.271 e. The third-order valence-electron chi connectivity index (χ3n) is 3.87. The third kappa shape index (κ3) is 3.91. The van der Waals surface area contributed by atoms with Crippen LogP contribution in [0.3, 0.4) is 0 Å². The first-order chi connectivity index (χ1) is 12.1. The zero-order valence-corrected chi connectivity index (χ0v) is 14.3. The summed E-state index contributed by atoms with van der Waals surface area (Å²) in [4.78, 5) is 12.1. The second-order valence-corrected chi connectivity index (χ2v) is 5.88. The number of nitrogens with two attached hydrogens (primary N) is 1. The topological polar surface area (TPSA) is 85.9 Å². The summed E-state index contributed by atoms with van der Waals surface area (Å²) in [6.45, 7) is 4.50. The molecule has 0 unspecified atom stereocenters. The minimum absolute atomic E-state index is 0.155. The Morgan fingerprint density at radius 2 is 2.16 bits per heavy atom. The van der Waals surface area contributed by atoms with Gasteiger partial charge in [-0.1, -0.05) is 0 Å². The van der Waals surface area contributed by atoms with Crippen LogP contribution in [0.2, 0.25) is 0 Å². The van der Waals surface area contributed by atoms with Gasteiger partial charge in [-0.05, 0) is 50.2 Å². The molecule has 0 aliphatic carbocycles. The standard InChI is InChI=1S/C19H21N3O3/c1-3-24-17-9-14-8-12(2)25-18(14)10-15(17)11-21-22-19(23)13-4-6-16(20)7-5-13/h4-7,9-12H,3,8,20H2,1-2H3,(H,22,23)/b21-11-/t12-/m0/s1. The molecule has 3 rings (SSSR count). The molecule has 3 N–H and O–H groups in total. The van der Waals surface area contributed by atoms with E-state index in [9.17, 15) is 4.79 Å². The predicted molar refractivity (Wildman–Crippen MR) is 97.3 cm³/mol. The molecule has 0 spiro atoms. The maximum absolute atomic E-state index is 12.1. The van der Waals surface area contributed by atoms with Gasteiger partial charge in [0.15, 0.2) is 0 Å². The second-order valence-electron chi connectivity index (χ2n) is 5.88. The number of nitrogens with zero attached hydrogens (tertiary/aromatic N) is 1. The summed E-state index contributed by atoms with van der Waals surface area (Å²) >= 11 is 0.